The molecule has 0 aliphatic carbocycles. The van der Waals surface area contributed by atoms with Gasteiger partial charge >= 0.3 is 0 Å². The highest BCUT2D eigenvalue weighted by atomic mass is 14.6. The first-order valence-electron chi connectivity index (χ1n) is 5.77. The third-order valence-electron chi connectivity index (χ3n) is 1.73. The number of rotatable bonds is 2. The van der Waals surface area contributed by atoms with Gasteiger partial charge in [0.2, 0.25) is 0 Å². The van der Waals surface area contributed by atoms with E-state index in [4.69, 9.17) is 5.73 Å². The van der Waals surface area contributed by atoms with E-state index in [2.05, 4.69) is 25.6 Å². The van der Waals surface area contributed by atoms with Gasteiger partial charge in [-0.15, -0.1) is 0 Å². The van der Waals surface area contributed by atoms with Crippen molar-refractivity contribution in [1.82, 2.24) is 0 Å². The van der Waals surface area contributed by atoms with Crippen LogP contribution >= 0.6 is 0 Å². The van der Waals surface area contributed by atoms with Gasteiger partial charge in [-0.05, 0) is 17.5 Å². The van der Waals surface area contributed by atoms with E-state index in [1.807, 2.05) is 39.8 Å². The molecule has 0 aromatic heterocycles. The largest absolute Gasteiger partial charge is 0.399 e. The topological polar surface area (TPSA) is 26.0 Å². The lowest BCUT2D eigenvalue weighted by Gasteiger charge is -2.00. The minimum absolute atomic E-state index is 0.632. The molecule has 1 aromatic carbocycles. The summed E-state index contributed by atoms with van der Waals surface area (Å²) < 4.78 is 0. The van der Waals surface area contributed by atoms with Gasteiger partial charge in [0.25, 0.3) is 0 Å². The minimum Gasteiger partial charge on any atom is -0.399 e. The van der Waals surface area contributed by atoms with Gasteiger partial charge in [-0.1, -0.05) is 65.5 Å². The average molecular weight is 207 g/mol. The van der Waals surface area contributed by atoms with Crippen LogP contribution in [0.25, 0.3) is 5.70 Å². The molecule has 2 N–H and O–H groups in total. The predicted octanol–water partition coefficient (Wildman–Crippen LogP) is 4.23. The van der Waals surface area contributed by atoms with Crippen LogP contribution in [-0.4, -0.2) is 0 Å². The summed E-state index contributed by atoms with van der Waals surface area (Å²) >= 11 is 0. The molecular weight excluding hydrogens is 182 g/mol. The van der Waals surface area contributed by atoms with Gasteiger partial charge in [0.1, 0.15) is 0 Å². The summed E-state index contributed by atoms with van der Waals surface area (Å²) in [7, 11) is 0. The molecule has 1 heteroatoms. The standard InChI is InChI=1S/C10H13N.2C2H6/c1-3-9-4-6-10(7-5-9)8(2)11;2*1-2/h4-7H,2-3,11H2,1H3;2*1-2H3. The third-order valence-corrected chi connectivity index (χ3v) is 1.73. The van der Waals surface area contributed by atoms with Crippen molar-refractivity contribution in [3.63, 3.8) is 0 Å². The maximum atomic E-state index is 5.51. The zero-order valence-electron chi connectivity index (χ0n) is 10.8. The van der Waals surface area contributed by atoms with Gasteiger partial charge in [0, 0.05) is 5.70 Å². The Morgan fingerprint density at radius 2 is 1.47 bits per heavy atom. The highest BCUT2D eigenvalue weighted by molar-refractivity contribution is 5.60. The lowest BCUT2D eigenvalue weighted by molar-refractivity contribution is 1.14. The molecule has 1 nitrogen and oxygen atoms in total. The maximum Gasteiger partial charge on any atom is 0.0314 e. The lowest BCUT2D eigenvalue weighted by atomic mass is 10.1. The first-order valence-corrected chi connectivity index (χ1v) is 5.77. The molecule has 0 heterocycles. The van der Waals surface area contributed by atoms with E-state index in [-0.39, 0.29) is 0 Å². The molecule has 15 heavy (non-hydrogen) atoms. The fourth-order valence-corrected chi connectivity index (χ4v) is 0.955. The Morgan fingerprint density at radius 3 is 1.73 bits per heavy atom. The molecule has 1 rings (SSSR count). The molecule has 0 aliphatic heterocycles. The molecule has 0 fully saturated rings. The fourth-order valence-electron chi connectivity index (χ4n) is 0.955. The summed E-state index contributed by atoms with van der Waals surface area (Å²) in [5.41, 5.74) is 8.49. The summed E-state index contributed by atoms with van der Waals surface area (Å²) in [5.74, 6) is 0. The third kappa shape index (κ3) is 6.78. The van der Waals surface area contributed by atoms with Crippen molar-refractivity contribution in [2.75, 3.05) is 0 Å². The van der Waals surface area contributed by atoms with Crippen LogP contribution in [0.4, 0.5) is 0 Å². The summed E-state index contributed by atoms with van der Waals surface area (Å²) in [5, 5.41) is 0. The molecular formula is C14H25N. The van der Waals surface area contributed by atoms with Crippen LogP contribution in [0.5, 0.6) is 0 Å². The summed E-state index contributed by atoms with van der Waals surface area (Å²) in [6.07, 6.45) is 1.07. The van der Waals surface area contributed by atoms with E-state index in [1.54, 1.807) is 0 Å². The van der Waals surface area contributed by atoms with Crippen LogP contribution in [0, 0.1) is 0 Å². The molecule has 0 saturated heterocycles. The summed E-state index contributed by atoms with van der Waals surface area (Å²) in [6.45, 7) is 13.8. The van der Waals surface area contributed by atoms with Crippen molar-refractivity contribution in [3.8, 4) is 0 Å². The van der Waals surface area contributed by atoms with Gasteiger partial charge in [0.05, 0.1) is 0 Å². The van der Waals surface area contributed by atoms with E-state index < -0.39 is 0 Å². The first kappa shape index (κ1) is 16.2. The Balaban J connectivity index is 0. The number of nitrogens with two attached hydrogens (primary N) is 1. The van der Waals surface area contributed by atoms with Crippen LogP contribution < -0.4 is 5.73 Å². The van der Waals surface area contributed by atoms with Crippen molar-refractivity contribution in [2.45, 2.75) is 41.0 Å². The number of aryl methyl sites for hydroxylation is 1. The molecule has 0 atom stereocenters. The Bertz CT molecular complexity index is 247. The Kier molecular flexibility index (Phi) is 11.7. The van der Waals surface area contributed by atoms with E-state index in [0.717, 1.165) is 12.0 Å². The zero-order valence-corrected chi connectivity index (χ0v) is 10.8. The molecule has 0 unspecified atom stereocenters. The van der Waals surface area contributed by atoms with E-state index in [1.165, 1.54) is 5.56 Å². The van der Waals surface area contributed by atoms with Crippen LogP contribution in [0.3, 0.4) is 0 Å². The summed E-state index contributed by atoms with van der Waals surface area (Å²) in [4.78, 5) is 0. The SMILES string of the molecule is C=C(N)c1ccc(CC)cc1.CC.CC. The van der Waals surface area contributed by atoms with Crippen molar-refractivity contribution in [2.24, 2.45) is 5.73 Å². The Labute approximate surface area is 95.0 Å². The smallest absolute Gasteiger partial charge is 0.0314 e. The molecule has 0 spiro atoms. The van der Waals surface area contributed by atoms with Crippen LogP contribution in [0.15, 0.2) is 30.8 Å². The van der Waals surface area contributed by atoms with Gasteiger partial charge < -0.3 is 5.73 Å². The van der Waals surface area contributed by atoms with Crippen molar-refractivity contribution < 1.29 is 0 Å². The number of hydrogen-bond acceptors (Lipinski definition) is 1. The minimum atomic E-state index is 0.632. The van der Waals surface area contributed by atoms with Gasteiger partial charge in [-0.2, -0.15) is 0 Å². The first-order chi connectivity index (χ1) is 7.24. The van der Waals surface area contributed by atoms with E-state index >= 15 is 0 Å². The van der Waals surface area contributed by atoms with Crippen molar-refractivity contribution in [3.05, 3.63) is 42.0 Å². The summed E-state index contributed by atoms with van der Waals surface area (Å²) in [6, 6.07) is 8.16. The highest BCUT2D eigenvalue weighted by Gasteiger charge is 1.92. The molecule has 86 valence electrons. The van der Waals surface area contributed by atoms with Crippen molar-refractivity contribution in [1.29, 1.82) is 0 Å². The predicted molar refractivity (Wildman–Crippen MR) is 71.7 cm³/mol. The number of hydrogen-bond donors (Lipinski definition) is 1. The fraction of sp³-hybridized carbons (Fsp3) is 0.429. The second-order valence-electron chi connectivity index (χ2n) is 2.58. The second-order valence-corrected chi connectivity index (χ2v) is 2.58. The molecule has 0 saturated carbocycles. The van der Waals surface area contributed by atoms with Crippen LogP contribution in [-0.2, 0) is 6.42 Å². The average Bonchev–Trinajstić information content (AvgIpc) is 2.34. The Morgan fingerprint density at radius 1 is 1.07 bits per heavy atom. The highest BCUT2D eigenvalue weighted by Crippen LogP contribution is 2.08. The maximum absolute atomic E-state index is 5.51. The normalized spacial score (nSPS) is 7.80. The quantitative estimate of drug-likeness (QED) is 0.771. The van der Waals surface area contributed by atoms with Gasteiger partial charge in [0.15, 0.2) is 0 Å². The van der Waals surface area contributed by atoms with Gasteiger partial charge in [-0.25, -0.2) is 0 Å². The zero-order chi connectivity index (χ0) is 12.3. The molecule has 0 bridgehead atoms. The molecule has 0 radical (unpaired) electrons. The van der Waals surface area contributed by atoms with Crippen molar-refractivity contribution >= 4 is 5.70 Å². The molecule has 1 aromatic rings. The number of benzene rings is 1. The molecule has 0 amide bonds. The van der Waals surface area contributed by atoms with E-state index in [9.17, 15) is 0 Å². The monoisotopic (exact) mass is 207 g/mol. The Hall–Kier alpha value is -1.24. The van der Waals surface area contributed by atoms with E-state index in [0.29, 0.717) is 5.70 Å². The van der Waals surface area contributed by atoms with Crippen LogP contribution in [0.2, 0.25) is 0 Å². The second kappa shape index (κ2) is 10.8. The molecule has 0 aliphatic rings. The van der Waals surface area contributed by atoms with Gasteiger partial charge in [-0.3, -0.25) is 0 Å². The lowest BCUT2D eigenvalue weighted by Crippen LogP contribution is -1.93. The van der Waals surface area contributed by atoms with Crippen LogP contribution in [0.1, 0.15) is 45.7 Å².